The molecule has 0 aromatic rings. The minimum atomic E-state index is 0.0250. The van der Waals surface area contributed by atoms with Gasteiger partial charge in [-0.25, -0.2) is 0 Å². The zero-order chi connectivity index (χ0) is 9.52. The van der Waals surface area contributed by atoms with Gasteiger partial charge in [-0.1, -0.05) is 18.2 Å². The number of likely N-dealkylation sites (N-methyl/N-ethyl adjacent to an activating group) is 1. The molecule has 0 radical (unpaired) electrons. The zero-order valence-electron chi connectivity index (χ0n) is 8.12. The summed E-state index contributed by atoms with van der Waals surface area (Å²) in [5.41, 5.74) is 0. The second-order valence-corrected chi connectivity index (χ2v) is 3.30. The van der Waals surface area contributed by atoms with Gasteiger partial charge in [0.25, 0.3) is 0 Å². The Hall–Kier alpha value is -1.05. The molecular formula is C11H17NO. The van der Waals surface area contributed by atoms with Crippen LogP contribution in [0.4, 0.5) is 0 Å². The van der Waals surface area contributed by atoms with Gasteiger partial charge in [0.1, 0.15) is 0 Å². The van der Waals surface area contributed by atoms with Gasteiger partial charge in [-0.15, -0.1) is 0 Å². The fourth-order valence-corrected chi connectivity index (χ4v) is 1.45. The largest absolute Gasteiger partial charge is 0.353 e. The Labute approximate surface area is 79.7 Å². The van der Waals surface area contributed by atoms with Crippen LogP contribution in [0.5, 0.6) is 0 Å². The third kappa shape index (κ3) is 3.92. The molecule has 0 saturated carbocycles. The van der Waals surface area contributed by atoms with Crippen molar-refractivity contribution in [2.24, 2.45) is 5.92 Å². The molecule has 0 heterocycles. The second kappa shape index (κ2) is 5.57. The Morgan fingerprint density at radius 1 is 1.62 bits per heavy atom. The van der Waals surface area contributed by atoms with Gasteiger partial charge in [0.15, 0.2) is 0 Å². The summed E-state index contributed by atoms with van der Waals surface area (Å²) in [6.07, 6.45) is 11.5. The topological polar surface area (TPSA) is 29.1 Å². The molecule has 0 saturated heterocycles. The van der Waals surface area contributed by atoms with E-state index in [2.05, 4.69) is 17.5 Å². The molecule has 2 heteroatoms. The third-order valence-electron chi connectivity index (χ3n) is 2.18. The smallest absolute Gasteiger partial charge is 0.243 e. The van der Waals surface area contributed by atoms with E-state index in [9.17, 15) is 4.79 Å². The summed E-state index contributed by atoms with van der Waals surface area (Å²) in [6, 6.07) is 0. The van der Waals surface area contributed by atoms with E-state index in [-0.39, 0.29) is 5.91 Å². The van der Waals surface area contributed by atoms with Crippen molar-refractivity contribution >= 4 is 5.91 Å². The van der Waals surface area contributed by atoms with E-state index in [1.807, 2.05) is 13.0 Å². The first-order chi connectivity index (χ1) is 6.33. The predicted molar refractivity (Wildman–Crippen MR) is 54.3 cm³/mol. The van der Waals surface area contributed by atoms with Crippen molar-refractivity contribution in [2.45, 2.75) is 26.2 Å². The van der Waals surface area contributed by atoms with Gasteiger partial charge in [0.05, 0.1) is 0 Å². The van der Waals surface area contributed by atoms with Gasteiger partial charge in [0.2, 0.25) is 5.91 Å². The minimum Gasteiger partial charge on any atom is -0.353 e. The maximum atomic E-state index is 11.1. The highest BCUT2D eigenvalue weighted by Crippen LogP contribution is 2.18. The summed E-state index contributed by atoms with van der Waals surface area (Å²) < 4.78 is 0. The van der Waals surface area contributed by atoms with E-state index in [4.69, 9.17) is 0 Å². The molecular weight excluding hydrogens is 162 g/mol. The maximum Gasteiger partial charge on any atom is 0.243 e. The van der Waals surface area contributed by atoms with E-state index in [0.717, 1.165) is 12.8 Å². The monoisotopic (exact) mass is 179 g/mol. The number of hydrogen-bond donors (Lipinski definition) is 1. The normalized spacial score (nSPS) is 22.1. The van der Waals surface area contributed by atoms with Gasteiger partial charge in [0, 0.05) is 6.54 Å². The number of carbonyl (C=O) groups is 1. The summed E-state index contributed by atoms with van der Waals surface area (Å²) in [4.78, 5) is 11.1. The van der Waals surface area contributed by atoms with Crippen molar-refractivity contribution in [3.63, 3.8) is 0 Å². The molecule has 1 aliphatic carbocycles. The van der Waals surface area contributed by atoms with E-state index < -0.39 is 0 Å². The molecule has 2 nitrogen and oxygen atoms in total. The van der Waals surface area contributed by atoms with Crippen LogP contribution in [0.3, 0.4) is 0 Å². The lowest BCUT2D eigenvalue weighted by Gasteiger charge is -2.12. The molecule has 13 heavy (non-hydrogen) atoms. The van der Waals surface area contributed by atoms with Crippen LogP contribution in [0.2, 0.25) is 0 Å². The molecule has 0 aromatic carbocycles. The summed E-state index contributed by atoms with van der Waals surface area (Å²) >= 11 is 0. The van der Waals surface area contributed by atoms with Gasteiger partial charge in [-0.05, 0) is 38.2 Å². The Bertz CT molecular complexity index is 218. The molecule has 1 atom stereocenters. The highest BCUT2D eigenvalue weighted by Gasteiger charge is 2.05. The average molecular weight is 179 g/mol. The van der Waals surface area contributed by atoms with Gasteiger partial charge < -0.3 is 5.32 Å². The second-order valence-electron chi connectivity index (χ2n) is 3.30. The highest BCUT2D eigenvalue weighted by atomic mass is 16.1. The van der Waals surface area contributed by atoms with Crippen molar-refractivity contribution in [1.29, 1.82) is 0 Å². The Kier molecular flexibility index (Phi) is 4.30. The predicted octanol–water partition coefficient (Wildman–Crippen LogP) is 2.04. The quantitative estimate of drug-likeness (QED) is 0.521. The number of allylic oxidation sites excluding steroid dienone is 3. The summed E-state index contributed by atoms with van der Waals surface area (Å²) in [7, 11) is 0. The van der Waals surface area contributed by atoms with Crippen LogP contribution in [0.1, 0.15) is 26.2 Å². The van der Waals surface area contributed by atoms with Crippen molar-refractivity contribution in [1.82, 2.24) is 5.32 Å². The molecule has 0 bridgehead atoms. The fraction of sp³-hybridized carbons (Fsp3) is 0.545. The number of nitrogens with one attached hydrogen (secondary N) is 1. The number of amides is 1. The average Bonchev–Trinajstić information content (AvgIpc) is 2.17. The molecule has 1 aliphatic rings. The van der Waals surface area contributed by atoms with Crippen molar-refractivity contribution in [3.8, 4) is 0 Å². The molecule has 0 aliphatic heterocycles. The molecule has 1 rings (SSSR count). The van der Waals surface area contributed by atoms with Crippen LogP contribution >= 0.6 is 0 Å². The van der Waals surface area contributed by atoms with Gasteiger partial charge in [-0.3, -0.25) is 4.79 Å². The first kappa shape index (κ1) is 10.0. The Morgan fingerprint density at radius 2 is 2.46 bits per heavy atom. The first-order valence-electron chi connectivity index (χ1n) is 4.94. The molecule has 0 spiro atoms. The standard InChI is InChI=1S/C11H17NO/c1-2-12-11(13)9-8-10-6-4-3-5-7-10/h3-4,8-10H,2,5-7H2,1H3,(H,12,13)/b9-8+. The fourth-order valence-electron chi connectivity index (χ4n) is 1.45. The molecule has 1 unspecified atom stereocenters. The van der Waals surface area contributed by atoms with Crippen LogP contribution < -0.4 is 5.32 Å². The van der Waals surface area contributed by atoms with E-state index in [0.29, 0.717) is 12.5 Å². The van der Waals surface area contributed by atoms with E-state index in [1.165, 1.54) is 6.42 Å². The lowest BCUT2D eigenvalue weighted by Crippen LogP contribution is -2.20. The zero-order valence-corrected chi connectivity index (χ0v) is 8.12. The molecule has 0 fully saturated rings. The highest BCUT2D eigenvalue weighted by molar-refractivity contribution is 5.87. The van der Waals surface area contributed by atoms with Crippen molar-refractivity contribution in [2.75, 3.05) is 6.54 Å². The third-order valence-corrected chi connectivity index (χ3v) is 2.18. The molecule has 1 N–H and O–H groups in total. The Morgan fingerprint density at radius 3 is 3.08 bits per heavy atom. The van der Waals surface area contributed by atoms with E-state index in [1.54, 1.807) is 6.08 Å². The van der Waals surface area contributed by atoms with Gasteiger partial charge in [-0.2, -0.15) is 0 Å². The van der Waals surface area contributed by atoms with E-state index >= 15 is 0 Å². The van der Waals surface area contributed by atoms with Crippen LogP contribution in [0, 0.1) is 5.92 Å². The molecule has 0 aromatic heterocycles. The molecule has 72 valence electrons. The number of rotatable bonds is 3. The summed E-state index contributed by atoms with van der Waals surface area (Å²) in [5.74, 6) is 0.588. The molecule has 1 amide bonds. The summed E-state index contributed by atoms with van der Waals surface area (Å²) in [6.45, 7) is 2.63. The van der Waals surface area contributed by atoms with Crippen molar-refractivity contribution < 1.29 is 4.79 Å². The van der Waals surface area contributed by atoms with Crippen LogP contribution in [0.25, 0.3) is 0 Å². The first-order valence-corrected chi connectivity index (χ1v) is 4.94. The lowest BCUT2D eigenvalue weighted by atomic mass is 9.94. The number of hydrogen-bond acceptors (Lipinski definition) is 1. The van der Waals surface area contributed by atoms with Crippen LogP contribution in [-0.4, -0.2) is 12.5 Å². The minimum absolute atomic E-state index is 0.0250. The lowest BCUT2D eigenvalue weighted by molar-refractivity contribution is -0.116. The van der Waals surface area contributed by atoms with Crippen LogP contribution in [-0.2, 0) is 4.79 Å². The van der Waals surface area contributed by atoms with Crippen LogP contribution in [0.15, 0.2) is 24.3 Å². The summed E-state index contributed by atoms with van der Waals surface area (Å²) in [5, 5.41) is 2.74. The SMILES string of the molecule is CCNC(=O)/C=C/C1CC=CCC1. The van der Waals surface area contributed by atoms with Gasteiger partial charge >= 0.3 is 0 Å². The number of carbonyl (C=O) groups excluding carboxylic acids is 1. The Balaban J connectivity index is 2.30. The maximum absolute atomic E-state index is 11.1. The van der Waals surface area contributed by atoms with Crippen molar-refractivity contribution in [3.05, 3.63) is 24.3 Å².